The molecule has 202 valence electrons. The zero-order valence-corrected chi connectivity index (χ0v) is 22.2. The fourth-order valence-corrected chi connectivity index (χ4v) is 5.14. The Labute approximate surface area is 219 Å². The number of nitro groups is 1. The van der Waals surface area contributed by atoms with E-state index in [2.05, 4.69) is 0 Å². The van der Waals surface area contributed by atoms with Crippen LogP contribution in [-0.2, 0) is 15.6 Å². The summed E-state index contributed by atoms with van der Waals surface area (Å²) in [5.41, 5.74) is 0.847. The van der Waals surface area contributed by atoms with Crippen LogP contribution in [0.2, 0.25) is 0 Å². The quantitative estimate of drug-likeness (QED) is 0.208. The van der Waals surface area contributed by atoms with Gasteiger partial charge in [0.15, 0.2) is 38.6 Å². The third-order valence-corrected chi connectivity index (χ3v) is 7.30. The molecule has 0 aliphatic carbocycles. The van der Waals surface area contributed by atoms with Crippen LogP contribution < -0.4 is 23.7 Å². The predicted molar refractivity (Wildman–Crippen MR) is 140 cm³/mol. The van der Waals surface area contributed by atoms with E-state index in [1.54, 1.807) is 24.3 Å². The average molecular weight is 546 g/mol. The summed E-state index contributed by atoms with van der Waals surface area (Å²) in [5, 5.41) is 21.8. The number of methoxy groups -OCH3 is 5. The monoisotopic (exact) mass is 545 g/mol. The second-order valence-corrected chi connectivity index (χ2v) is 9.85. The molecule has 0 unspecified atom stereocenters. The van der Waals surface area contributed by atoms with E-state index in [-0.39, 0.29) is 22.1 Å². The van der Waals surface area contributed by atoms with Crippen LogP contribution in [0, 0.1) is 10.1 Å². The third-order valence-electron chi connectivity index (χ3n) is 5.63. The number of rotatable bonds is 11. The molecule has 38 heavy (non-hydrogen) atoms. The van der Waals surface area contributed by atoms with Crippen LogP contribution in [0.1, 0.15) is 16.7 Å². The van der Waals surface area contributed by atoms with Gasteiger partial charge in [0.2, 0.25) is 5.75 Å². The van der Waals surface area contributed by atoms with Gasteiger partial charge >= 0.3 is 5.69 Å². The molecule has 0 aromatic heterocycles. The molecule has 11 nitrogen and oxygen atoms in total. The van der Waals surface area contributed by atoms with Crippen molar-refractivity contribution in [3.8, 4) is 34.5 Å². The van der Waals surface area contributed by atoms with Crippen molar-refractivity contribution in [3.05, 3.63) is 69.3 Å². The highest BCUT2D eigenvalue weighted by atomic mass is 32.2. The van der Waals surface area contributed by atoms with E-state index in [1.807, 2.05) is 0 Å². The van der Waals surface area contributed by atoms with E-state index >= 15 is 0 Å². The Hall–Kier alpha value is -4.45. The molecule has 0 saturated heterocycles. The molecule has 0 atom stereocenters. The van der Waals surface area contributed by atoms with E-state index in [4.69, 9.17) is 23.7 Å². The molecule has 0 aliphatic rings. The highest BCUT2D eigenvalue weighted by Crippen LogP contribution is 2.39. The molecule has 0 amide bonds. The van der Waals surface area contributed by atoms with Gasteiger partial charge in [0, 0.05) is 6.07 Å². The lowest BCUT2D eigenvalue weighted by Crippen LogP contribution is -2.07. The van der Waals surface area contributed by atoms with Crippen LogP contribution in [0.25, 0.3) is 12.2 Å². The number of nitrogens with zero attached hydrogens (tertiary/aromatic N) is 1. The van der Waals surface area contributed by atoms with Crippen LogP contribution in [0.3, 0.4) is 0 Å². The smallest absolute Gasteiger partial charge is 0.312 e. The third kappa shape index (κ3) is 5.92. The summed E-state index contributed by atoms with van der Waals surface area (Å²) in [6.07, 6.45) is 3.29. The number of aromatic hydroxyl groups is 1. The maximum atomic E-state index is 13.3. The molecule has 0 aliphatic heterocycles. The van der Waals surface area contributed by atoms with Crippen molar-refractivity contribution in [1.82, 2.24) is 0 Å². The maximum Gasteiger partial charge on any atom is 0.312 e. The van der Waals surface area contributed by atoms with Crippen LogP contribution in [-0.4, -0.2) is 54.0 Å². The predicted octanol–water partition coefficient (Wildman–Crippen LogP) is 4.49. The van der Waals surface area contributed by atoms with Gasteiger partial charge in [-0.2, -0.15) is 0 Å². The first kappa shape index (κ1) is 28.1. The summed E-state index contributed by atoms with van der Waals surface area (Å²) in [6.45, 7) is 0. The van der Waals surface area contributed by atoms with Gasteiger partial charge in [0.05, 0.1) is 51.1 Å². The van der Waals surface area contributed by atoms with E-state index < -0.39 is 26.2 Å². The molecule has 3 aromatic rings. The first-order valence-electron chi connectivity index (χ1n) is 11.0. The zero-order valence-electron chi connectivity index (χ0n) is 21.4. The van der Waals surface area contributed by atoms with Crippen molar-refractivity contribution in [2.24, 2.45) is 0 Å². The van der Waals surface area contributed by atoms with Gasteiger partial charge in [-0.05, 0) is 53.1 Å². The van der Waals surface area contributed by atoms with Crippen molar-refractivity contribution in [2.75, 3.05) is 35.5 Å². The first-order valence-corrected chi connectivity index (χ1v) is 12.7. The van der Waals surface area contributed by atoms with Gasteiger partial charge in [0.1, 0.15) is 0 Å². The van der Waals surface area contributed by atoms with Crippen molar-refractivity contribution in [2.45, 2.75) is 10.6 Å². The van der Waals surface area contributed by atoms with Gasteiger partial charge in [-0.25, -0.2) is 8.42 Å². The highest BCUT2D eigenvalue weighted by molar-refractivity contribution is 7.90. The molecule has 0 bridgehead atoms. The van der Waals surface area contributed by atoms with Gasteiger partial charge < -0.3 is 28.8 Å². The Morgan fingerprint density at radius 1 is 0.816 bits per heavy atom. The molecule has 0 heterocycles. The lowest BCUT2D eigenvalue weighted by atomic mass is 10.1. The number of nitro benzene ring substituents is 1. The first-order chi connectivity index (χ1) is 18.1. The fourth-order valence-electron chi connectivity index (χ4n) is 3.75. The Morgan fingerprint density at radius 3 is 1.95 bits per heavy atom. The number of phenolic OH excluding ortho intramolecular Hbond substituents is 1. The minimum atomic E-state index is -4.06. The van der Waals surface area contributed by atoms with Crippen LogP contribution in [0.15, 0.2) is 47.4 Å². The number of sulfone groups is 1. The summed E-state index contributed by atoms with van der Waals surface area (Å²) in [7, 11) is 3.00. The molecule has 3 rings (SSSR count). The number of benzene rings is 3. The molecule has 0 saturated carbocycles. The van der Waals surface area contributed by atoms with Crippen LogP contribution in [0.4, 0.5) is 5.69 Å². The van der Waals surface area contributed by atoms with E-state index in [1.165, 1.54) is 59.8 Å². The normalized spacial score (nSPS) is 11.3. The molecule has 0 radical (unpaired) electrons. The van der Waals surface area contributed by atoms with Gasteiger partial charge in [-0.15, -0.1) is 0 Å². The lowest BCUT2D eigenvalue weighted by Gasteiger charge is -2.13. The molecule has 3 aromatic carbocycles. The van der Waals surface area contributed by atoms with Crippen LogP contribution in [0.5, 0.6) is 34.5 Å². The SMILES string of the molecule is COc1cc(CS(=O)(=O)c2ccc(OC)c([N+](=O)[O-])c2)c(/C=C\c2cc(OC)c(OC)c(OC)c2)cc1O. The maximum absolute atomic E-state index is 13.3. The van der Waals surface area contributed by atoms with Crippen molar-refractivity contribution < 1.29 is 42.1 Å². The number of phenols is 1. The summed E-state index contributed by atoms with van der Waals surface area (Å²) in [4.78, 5) is 10.4. The Morgan fingerprint density at radius 2 is 1.42 bits per heavy atom. The Kier molecular flexibility index (Phi) is 8.68. The van der Waals surface area contributed by atoms with Gasteiger partial charge in [-0.3, -0.25) is 10.1 Å². The summed E-state index contributed by atoms with van der Waals surface area (Å²) < 4.78 is 52.8. The van der Waals surface area contributed by atoms with Crippen molar-refractivity contribution in [3.63, 3.8) is 0 Å². The van der Waals surface area contributed by atoms with Gasteiger partial charge in [-0.1, -0.05) is 12.2 Å². The minimum absolute atomic E-state index is 0.0609. The topological polar surface area (TPSA) is 144 Å². The summed E-state index contributed by atoms with van der Waals surface area (Å²) in [6, 6.07) is 9.60. The summed E-state index contributed by atoms with van der Waals surface area (Å²) >= 11 is 0. The number of ether oxygens (including phenoxy) is 5. The number of hydrogen-bond acceptors (Lipinski definition) is 10. The molecular weight excluding hydrogens is 518 g/mol. The van der Waals surface area contributed by atoms with Crippen molar-refractivity contribution >= 4 is 27.7 Å². The van der Waals surface area contributed by atoms with E-state index in [9.17, 15) is 23.6 Å². The standard InChI is InChI=1S/C26H27NO10S/c1-33-22-9-8-19(14-20(22)27(29)30)38(31,32)15-18-13-23(34-2)21(28)12-17(18)7-6-16-10-24(35-3)26(37-5)25(11-16)36-4/h6-14,28H,15H2,1-5H3/b7-6-. The minimum Gasteiger partial charge on any atom is -0.504 e. The fraction of sp³-hybridized carbons (Fsp3) is 0.231. The lowest BCUT2D eigenvalue weighted by molar-refractivity contribution is -0.386. The Bertz CT molecular complexity index is 1460. The molecule has 0 fully saturated rings. The van der Waals surface area contributed by atoms with Crippen LogP contribution >= 0.6 is 0 Å². The highest BCUT2D eigenvalue weighted by Gasteiger charge is 2.24. The van der Waals surface area contributed by atoms with E-state index in [0.29, 0.717) is 33.9 Å². The van der Waals surface area contributed by atoms with E-state index in [0.717, 1.165) is 6.07 Å². The Balaban J connectivity index is 2.07. The average Bonchev–Trinajstić information content (AvgIpc) is 2.91. The van der Waals surface area contributed by atoms with Gasteiger partial charge in [0.25, 0.3) is 0 Å². The second kappa shape index (κ2) is 11.7. The zero-order chi connectivity index (χ0) is 28.0. The molecule has 1 N–H and O–H groups in total. The largest absolute Gasteiger partial charge is 0.504 e. The second-order valence-electron chi connectivity index (χ2n) is 7.86. The number of hydrogen-bond donors (Lipinski definition) is 1. The van der Waals surface area contributed by atoms with Crippen molar-refractivity contribution in [1.29, 1.82) is 0 Å². The summed E-state index contributed by atoms with van der Waals surface area (Å²) in [5.74, 6) is 0.547. The molecule has 12 heteroatoms. The molecule has 0 spiro atoms. The molecular formula is C26H27NO10S.